The Morgan fingerprint density at radius 3 is 2.49 bits per heavy atom. The Bertz CT molecular complexity index is 1370. The maximum atomic E-state index is 14.7. The maximum absolute atomic E-state index is 14.7. The molecule has 0 spiro atoms. The third-order valence-electron chi connectivity index (χ3n) is 5.66. The van der Waals surface area contributed by atoms with Gasteiger partial charge in [-0.3, -0.25) is 9.59 Å². The number of nitrogens with one attached hydrogen (secondary N) is 1. The quantitative estimate of drug-likeness (QED) is 0.442. The van der Waals surface area contributed by atoms with E-state index >= 15 is 0 Å². The zero-order chi connectivity index (χ0) is 26.9. The highest BCUT2D eigenvalue weighted by Gasteiger charge is 2.44. The van der Waals surface area contributed by atoms with Gasteiger partial charge in [0.1, 0.15) is 22.6 Å². The van der Waals surface area contributed by atoms with E-state index in [9.17, 15) is 23.2 Å². The lowest BCUT2D eigenvalue weighted by atomic mass is 10.0. The first kappa shape index (κ1) is 25.8. The number of halogens is 3. The van der Waals surface area contributed by atoms with Crippen LogP contribution in [0.2, 0.25) is 5.02 Å². The standard InChI is InChI=1S/C25H22ClF2N5O4/c1-13(2)32-12-17(24(35)33(25(32)36)16-6-3-14(27)4-7-16)23(34)31-15-5-8-19(18(28)11-15)37-20-9-10-30-22(29)21(20)26/h3-11,13,17H,12H2,1-2H3,(H2,29,30)(H,31,34). The normalized spacial score (nSPS) is 15.8. The summed E-state index contributed by atoms with van der Waals surface area (Å²) in [5.41, 5.74) is 5.81. The minimum Gasteiger partial charge on any atom is -0.453 e. The summed E-state index contributed by atoms with van der Waals surface area (Å²) < 4.78 is 33.6. The predicted molar refractivity (Wildman–Crippen MR) is 133 cm³/mol. The smallest absolute Gasteiger partial charge is 0.331 e. The highest BCUT2D eigenvalue weighted by Crippen LogP contribution is 2.34. The average Bonchev–Trinajstić information content (AvgIpc) is 2.84. The summed E-state index contributed by atoms with van der Waals surface area (Å²) in [6, 6.07) is 8.90. The predicted octanol–water partition coefficient (Wildman–Crippen LogP) is 4.82. The second-order valence-corrected chi connectivity index (χ2v) is 8.85. The topological polar surface area (TPSA) is 118 Å². The largest absolute Gasteiger partial charge is 0.453 e. The molecule has 1 fully saturated rings. The molecule has 1 aliphatic heterocycles. The van der Waals surface area contributed by atoms with Gasteiger partial charge in [-0.1, -0.05) is 11.6 Å². The number of nitrogens with zero attached hydrogens (tertiary/aromatic N) is 3. The first-order valence-corrected chi connectivity index (χ1v) is 11.5. The first-order valence-electron chi connectivity index (χ1n) is 11.1. The Kier molecular flexibility index (Phi) is 7.25. The monoisotopic (exact) mass is 529 g/mol. The maximum Gasteiger partial charge on any atom is 0.331 e. The zero-order valence-corrected chi connectivity index (χ0v) is 20.5. The lowest BCUT2D eigenvalue weighted by Gasteiger charge is -2.39. The number of rotatable bonds is 6. The van der Waals surface area contributed by atoms with Crippen molar-refractivity contribution in [3.8, 4) is 11.5 Å². The fourth-order valence-electron chi connectivity index (χ4n) is 3.72. The zero-order valence-electron chi connectivity index (χ0n) is 19.7. The van der Waals surface area contributed by atoms with E-state index in [2.05, 4.69) is 10.3 Å². The fraction of sp³-hybridized carbons (Fsp3) is 0.200. The summed E-state index contributed by atoms with van der Waals surface area (Å²) in [7, 11) is 0. The van der Waals surface area contributed by atoms with E-state index in [4.69, 9.17) is 22.1 Å². The number of ether oxygens (including phenoxy) is 1. The van der Waals surface area contributed by atoms with Crippen molar-refractivity contribution in [1.29, 1.82) is 0 Å². The van der Waals surface area contributed by atoms with Crippen molar-refractivity contribution < 1.29 is 27.9 Å². The van der Waals surface area contributed by atoms with Crippen LogP contribution in [0.5, 0.6) is 11.5 Å². The molecule has 1 aromatic heterocycles. The van der Waals surface area contributed by atoms with Crippen molar-refractivity contribution in [3.63, 3.8) is 0 Å². The molecule has 192 valence electrons. The van der Waals surface area contributed by atoms with Gasteiger partial charge in [0.25, 0.3) is 0 Å². The van der Waals surface area contributed by atoms with E-state index in [1.54, 1.807) is 13.8 Å². The van der Waals surface area contributed by atoms with E-state index in [-0.39, 0.29) is 46.3 Å². The number of benzene rings is 2. The molecule has 1 aliphatic rings. The number of urea groups is 1. The molecule has 3 N–H and O–H groups in total. The van der Waals surface area contributed by atoms with Crippen LogP contribution in [0, 0.1) is 17.6 Å². The molecule has 0 aliphatic carbocycles. The van der Waals surface area contributed by atoms with Crippen LogP contribution < -0.4 is 20.7 Å². The number of anilines is 3. The third-order valence-corrected chi connectivity index (χ3v) is 6.04. The van der Waals surface area contributed by atoms with E-state index in [1.807, 2.05) is 0 Å². The van der Waals surface area contributed by atoms with Gasteiger partial charge >= 0.3 is 6.03 Å². The molecule has 9 nitrogen and oxygen atoms in total. The number of carbonyl (C=O) groups excluding carboxylic acids is 3. The number of nitrogen functional groups attached to an aromatic ring is 1. The Labute approximate surface area is 215 Å². The van der Waals surface area contributed by atoms with Crippen molar-refractivity contribution in [1.82, 2.24) is 9.88 Å². The van der Waals surface area contributed by atoms with Gasteiger partial charge in [0, 0.05) is 36.6 Å². The number of hydrogen-bond donors (Lipinski definition) is 2. The molecule has 2 heterocycles. The molecular weight excluding hydrogens is 508 g/mol. The van der Waals surface area contributed by atoms with Gasteiger partial charge in [0.05, 0.1) is 5.69 Å². The van der Waals surface area contributed by atoms with Gasteiger partial charge in [-0.05, 0) is 50.2 Å². The van der Waals surface area contributed by atoms with Gasteiger partial charge in [0.2, 0.25) is 11.8 Å². The van der Waals surface area contributed by atoms with Gasteiger partial charge in [-0.2, -0.15) is 0 Å². The lowest BCUT2D eigenvalue weighted by molar-refractivity contribution is -0.132. The molecule has 4 amide bonds. The number of amides is 4. The fourth-order valence-corrected chi connectivity index (χ4v) is 3.87. The number of hydrogen-bond acceptors (Lipinski definition) is 6. The highest BCUT2D eigenvalue weighted by molar-refractivity contribution is 6.34. The van der Waals surface area contributed by atoms with Gasteiger partial charge in [0.15, 0.2) is 17.3 Å². The summed E-state index contributed by atoms with van der Waals surface area (Å²) in [4.78, 5) is 45.3. The van der Waals surface area contributed by atoms with Crippen LogP contribution in [0.3, 0.4) is 0 Å². The summed E-state index contributed by atoms with van der Waals surface area (Å²) in [6.45, 7) is 3.30. The Hall–Kier alpha value is -4.25. The van der Waals surface area contributed by atoms with Crippen LogP contribution in [0.1, 0.15) is 13.8 Å². The number of nitrogens with two attached hydrogens (primary N) is 1. The van der Waals surface area contributed by atoms with Crippen molar-refractivity contribution in [2.75, 3.05) is 22.5 Å². The molecule has 2 aromatic carbocycles. The van der Waals surface area contributed by atoms with Crippen LogP contribution >= 0.6 is 11.6 Å². The minimum absolute atomic E-state index is 0.0178. The van der Waals surface area contributed by atoms with E-state index in [0.29, 0.717) is 0 Å². The van der Waals surface area contributed by atoms with Crippen LogP contribution in [0.4, 0.5) is 30.8 Å². The van der Waals surface area contributed by atoms with E-state index in [0.717, 1.165) is 23.1 Å². The van der Waals surface area contributed by atoms with Gasteiger partial charge < -0.3 is 20.7 Å². The Balaban J connectivity index is 1.55. The first-order chi connectivity index (χ1) is 17.6. The molecule has 1 unspecified atom stereocenters. The summed E-state index contributed by atoms with van der Waals surface area (Å²) >= 11 is 6.03. The van der Waals surface area contributed by atoms with Crippen LogP contribution in [-0.2, 0) is 9.59 Å². The van der Waals surface area contributed by atoms with Gasteiger partial charge in [-0.25, -0.2) is 23.5 Å². The Morgan fingerprint density at radius 2 is 1.84 bits per heavy atom. The summed E-state index contributed by atoms with van der Waals surface area (Å²) in [5, 5.41) is 2.53. The summed E-state index contributed by atoms with van der Waals surface area (Å²) in [6.07, 6.45) is 1.35. The Morgan fingerprint density at radius 1 is 1.14 bits per heavy atom. The van der Waals surface area contributed by atoms with Crippen molar-refractivity contribution in [2.24, 2.45) is 5.92 Å². The number of imide groups is 1. The van der Waals surface area contributed by atoms with Crippen LogP contribution in [-0.4, -0.2) is 40.3 Å². The van der Waals surface area contributed by atoms with Crippen molar-refractivity contribution >= 4 is 46.6 Å². The van der Waals surface area contributed by atoms with Crippen molar-refractivity contribution in [3.05, 3.63) is 71.4 Å². The molecule has 0 bridgehead atoms. The molecule has 4 rings (SSSR count). The molecule has 3 aromatic rings. The molecular formula is C25H22ClF2N5O4. The number of aromatic nitrogens is 1. The molecule has 1 saturated heterocycles. The third kappa shape index (κ3) is 5.31. The van der Waals surface area contributed by atoms with E-state index in [1.165, 1.54) is 41.4 Å². The molecule has 1 atom stereocenters. The second kappa shape index (κ2) is 10.4. The SMILES string of the molecule is CC(C)N1CC(C(=O)Nc2ccc(Oc3ccnc(N)c3Cl)c(F)c2)C(=O)N(c2ccc(F)cc2)C1=O. The van der Waals surface area contributed by atoms with Crippen molar-refractivity contribution in [2.45, 2.75) is 19.9 Å². The molecule has 12 heteroatoms. The van der Waals surface area contributed by atoms with Crippen LogP contribution in [0.15, 0.2) is 54.7 Å². The average molecular weight is 530 g/mol. The lowest BCUT2D eigenvalue weighted by Crippen LogP contribution is -2.61. The molecule has 0 saturated carbocycles. The second-order valence-electron chi connectivity index (χ2n) is 8.48. The number of carbonyl (C=O) groups is 3. The van der Waals surface area contributed by atoms with E-state index < -0.39 is 35.4 Å². The summed E-state index contributed by atoms with van der Waals surface area (Å²) in [5.74, 6) is -4.24. The minimum atomic E-state index is -1.29. The van der Waals surface area contributed by atoms with Crippen LogP contribution in [0.25, 0.3) is 0 Å². The number of pyridine rings is 1. The highest BCUT2D eigenvalue weighted by atomic mass is 35.5. The molecule has 0 radical (unpaired) electrons. The molecule has 37 heavy (non-hydrogen) atoms. The van der Waals surface area contributed by atoms with Gasteiger partial charge in [-0.15, -0.1) is 0 Å².